The van der Waals surface area contributed by atoms with Crippen LogP contribution >= 0.6 is 11.3 Å². The molecule has 1 aromatic carbocycles. The van der Waals surface area contributed by atoms with Crippen LogP contribution in [-0.4, -0.2) is 29.2 Å². The Bertz CT molecular complexity index is 1010. The number of fused-ring (bicyclic) bond motifs is 1. The molecule has 6 nitrogen and oxygen atoms in total. The van der Waals surface area contributed by atoms with E-state index in [1.165, 1.54) is 16.9 Å². The van der Waals surface area contributed by atoms with Crippen LogP contribution in [0.1, 0.15) is 24.2 Å². The number of benzene rings is 1. The second-order valence-electron chi connectivity index (χ2n) is 6.49. The van der Waals surface area contributed by atoms with E-state index in [-0.39, 0.29) is 17.9 Å². The molecule has 0 fully saturated rings. The number of aromatic nitrogens is 2. The molecule has 2 aromatic heterocycles. The van der Waals surface area contributed by atoms with Crippen LogP contribution in [0.5, 0.6) is 0 Å². The smallest absolute Gasteiger partial charge is 0.262 e. The largest absolute Gasteiger partial charge is 0.384 e. The van der Waals surface area contributed by atoms with Crippen molar-refractivity contribution in [3.8, 4) is 11.1 Å². The molecule has 2 heterocycles. The van der Waals surface area contributed by atoms with Crippen molar-refractivity contribution in [1.29, 1.82) is 0 Å². The Morgan fingerprint density at radius 1 is 1.30 bits per heavy atom. The fourth-order valence-electron chi connectivity index (χ4n) is 3.04. The number of thiophene rings is 1. The number of carbonyl (C=O) groups excluding carboxylic acids is 1. The Morgan fingerprint density at radius 2 is 2.04 bits per heavy atom. The summed E-state index contributed by atoms with van der Waals surface area (Å²) in [7, 11) is 1.62. The van der Waals surface area contributed by atoms with Crippen molar-refractivity contribution in [2.75, 3.05) is 13.7 Å². The van der Waals surface area contributed by atoms with E-state index in [9.17, 15) is 9.59 Å². The first-order valence-corrected chi connectivity index (χ1v) is 9.74. The monoisotopic (exact) mass is 385 g/mol. The second-order valence-corrected chi connectivity index (χ2v) is 7.35. The van der Waals surface area contributed by atoms with Crippen LogP contribution in [0, 0.1) is 6.92 Å². The predicted molar refractivity (Wildman–Crippen MR) is 108 cm³/mol. The highest BCUT2D eigenvalue weighted by atomic mass is 32.1. The lowest BCUT2D eigenvalue weighted by Crippen LogP contribution is -2.26. The van der Waals surface area contributed by atoms with Gasteiger partial charge in [0.25, 0.3) is 5.56 Å². The third kappa shape index (κ3) is 4.26. The molecule has 0 aliphatic heterocycles. The van der Waals surface area contributed by atoms with E-state index in [0.29, 0.717) is 37.2 Å². The number of amides is 1. The minimum Gasteiger partial charge on any atom is -0.384 e. The Labute approximate surface area is 161 Å². The average molecular weight is 385 g/mol. The number of ether oxygens (including phenoxy) is 1. The summed E-state index contributed by atoms with van der Waals surface area (Å²) >= 11 is 1.47. The number of nitrogens with zero attached hydrogens (tertiary/aromatic N) is 2. The number of carbonyl (C=O) groups is 1. The van der Waals surface area contributed by atoms with Gasteiger partial charge in [-0.15, -0.1) is 11.3 Å². The van der Waals surface area contributed by atoms with Gasteiger partial charge >= 0.3 is 0 Å². The van der Waals surface area contributed by atoms with Gasteiger partial charge in [0.2, 0.25) is 5.91 Å². The summed E-state index contributed by atoms with van der Waals surface area (Å²) in [5.41, 5.74) is 8.23. The average Bonchev–Trinajstić information content (AvgIpc) is 3.06. The highest BCUT2D eigenvalue weighted by Gasteiger charge is 2.17. The molecule has 0 bridgehead atoms. The van der Waals surface area contributed by atoms with Gasteiger partial charge in [0, 0.05) is 37.4 Å². The minimum absolute atomic E-state index is 0.0765. The van der Waals surface area contributed by atoms with Crippen molar-refractivity contribution in [3.63, 3.8) is 0 Å². The lowest BCUT2D eigenvalue weighted by molar-refractivity contribution is -0.118. The normalized spacial score (nSPS) is 11.2. The quantitative estimate of drug-likeness (QED) is 0.646. The van der Waals surface area contributed by atoms with E-state index >= 15 is 0 Å². The SMILES string of the molecule is COCCc1nc2scc(-c3ccc(C)cc3)c2c(=O)n1CCCC(N)=O. The zero-order chi connectivity index (χ0) is 19.4. The summed E-state index contributed by atoms with van der Waals surface area (Å²) in [6.45, 7) is 2.92. The highest BCUT2D eigenvalue weighted by molar-refractivity contribution is 7.17. The topological polar surface area (TPSA) is 87.2 Å². The molecular formula is C20H23N3O3S. The molecule has 0 unspecified atom stereocenters. The summed E-state index contributed by atoms with van der Waals surface area (Å²) in [6.07, 6.45) is 1.28. The molecule has 2 N–H and O–H groups in total. The third-order valence-electron chi connectivity index (χ3n) is 4.47. The van der Waals surface area contributed by atoms with E-state index in [1.54, 1.807) is 11.7 Å². The molecular weight excluding hydrogens is 362 g/mol. The summed E-state index contributed by atoms with van der Waals surface area (Å²) in [6, 6.07) is 8.11. The fourth-order valence-corrected chi connectivity index (χ4v) is 3.99. The Hall–Kier alpha value is -2.51. The van der Waals surface area contributed by atoms with Gasteiger partial charge in [0.1, 0.15) is 10.7 Å². The van der Waals surface area contributed by atoms with Gasteiger partial charge < -0.3 is 10.5 Å². The highest BCUT2D eigenvalue weighted by Crippen LogP contribution is 2.31. The fraction of sp³-hybridized carbons (Fsp3) is 0.350. The molecule has 0 atom stereocenters. The number of aryl methyl sites for hydroxylation is 1. The molecule has 0 radical (unpaired) electrons. The number of rotatable bonds is 8. The number of methoxy groups -OCH3 is 1. The van der Waals surface area contributed by atoms with Crippen molar-refractivity contribution < 1.29 is 9.53 Å². The zero-order valence-corrected chi connectivity index (χ0v) is 16.3. The Morgan fingerprint density at radius 3 is 2.70 bits per heavy atom. The van der Waals surface area contributed by atoms with Crippen LogP contribution in [-0.2, 0) is 22.5 Å². The number of primary amides is 1. The zero-order valence-electron chi connectivity index (χ0n) is 15.5. The van der Waals surface area contributed by atoms with E-state index in [2.05, 4.69) is 0 Å². The van der Waals surface area contributed by atoms with Crippen LogP contribution in [0.25, 0.3) is 21.3 Å². The van der Waals surface area contributed by atoms with Gasteiger partial charge in [0.15, 0.2) is 0 Å². The van der Waals surface area contributed by atoms with Gasteiger partial charge in [-0.1, -0.05) is 29.8 Å². The second kappa shape index (κ2) is 8.45. The van der Waals surface area contributed by atoms with Gasteiger partial charge in [-0.05, 0) is 18.9 Å². The van der Waals surface area contributed by atoms with Crippen molar-refractivity contribution in [2.45, 2.75) is 32.7 Å². The number of hydrogen-bond acceptors (Lipinski definition) is 5. The van der Waals surface area contributed by atoms with Crippen LogP contribution in [0.2, 0.25) is 0 Å². The molecule has 0 aliphatic rings. The van der Waals surface area contributed by atoms with E-state index in [4.69, 9.17) is 15.5 Å². The molecule has 1 amide bonds. The van der Waals surface area contributed by atoms with Crippen molar-refractivity contribution in [3.05, 3.63) is 51.4 Å². The molecule has 7 heteroatoms. The first kappa shape index (κ1) is 19.3. The summed E-state index contributed by atoms with van der Waals surface area (Å²) in [5, 5.41) is 2.61. The van der Waals surface area contributed by atoms with E-state index in [0.717, 1.165) is 16.0 Å². The maximum absolute atomic E-state index is 13.3. The molecule has 0 saturated heterocycles. The maximum Gasteiger partial charge on any atom is 0.262 e. The van der Waals surface area contributed by atoms with Gasteiger partial charge in [-0.2, -0.15) is 0 Å². The van der Waals surface area contributed by atoms with Crippen LogP contribution in [0.15, 0.2) is 34.4 Å². The Kier molecular flexibility index (Phi) is 6.03. The maximum atomic E-state index is 13.3. The molecule has 0 spiro atoms. The lowest BCUT2D eigenvalue weighted by Gasteiger charge is -2.12. The standard InChI is InChI=1S/C20H23N3O3S/c1-13-5-7-14(8-6-13)15-12-27-19-18(15)20(25)23(10-3-4-16(21)24)17(22-19)9-11-26-2/h5-8,12H,3-4,9-11H2,1-2H3,(H2,21,24). The van der Waals surface area contributed by atoms with Crippen LogP contribution in [0.3, 0.4) is 0 Å². The van der Waals surface area contributed by atoms with E-state index < -0.39 is 0 Å². The lowest BCUT2D eigenvalue weighted by atomic mass is 10.0. The molecule has 142 valence electrons. The third-order valence-corrected chi connectivity index (χ3v) is 5.34. The summed E-state index contributed by atoms with van der Waals surface area (Å²) in [5.74, 6) is 0.308. The van der Waals surface area contributed by atoms with Gasteiger partial charge in [0.05, 0.1) is 12.0 Å². The summed E-state index contributed by atoms with van der Waals surface area (Å²) < 4.78 is 6.82. The number of hydrogen-bond donors (Lipinski definition) is 1. The van der Waals surface area contributed by atoms with Crippen molar-refractivity contribution in [2.24, 2.45) is 5.73 Å². The van der Waals surface area contributed by atoms with Crippen LogP contribution < -0.4 is 11.3 Å². The predicted octanol–water partition coefficient (Wildman–Crippen LogP) is 2.89. The number of nitrogens with two attached hydrogens (primary N) is 1. The molecule has 3 aromatic rings. The molecule has 0 aliphatic carbocycles. The molecule has 0 saturated carbocycles. The first-order valence-electron chi connectivity index (χ1n) is 8.86. The molecule has 27 heavy (non-hydrogen) atoms. The van der Waals surface area contributed by atoms with Crippen molar-refractivity contribution in [1.82, 2.24) is 9.55 Å². The molecule has 3 rings (SSSR count). The Balaban J connectivity index is 2.09. The van der Waals surface area contributed by atoms with Crippen molar-refractivity contribution >= 4 is 27.5 Å². The van der Waals surface area contributed by atoms with Gasteiger partial charge in [-0.25, -0.2) is 4.98 Å². The van der Waals surface area contributed by atoms with Crippen LogP contribution in [0.4, 0.5) is 0 Å². The van der Waals surface area contributed by atoms with E-state index in [1.807, 2.05) is 36.6 Å². The van der Waals surface area contributed by atoms with Gasteiger partial charge in [-0.3, -0.25) is 14.2 Å². The first-order chi connectivity index (χ1) is 13.0. The summed E-state index contributed by atoms with van der Waals surface area (Å²) in [4.78, 5) is 29.8. The minimum atomic E-state index is -0.369.